The highest BCUT2D eigenvalue weighted by atomic mass is 28.4. The molecule has 23 heavy (non-hydrogen) atoms. The number of hydrogen-bond acceptors (Lipinski definition) is 5. The van der Waals surface area contributed by atoms with Crippen molar-refractivity contribution in [3.63, 3.8) is 0 Å². The molecular weight excluding hydrogens is 312 g/mol. The monoisotopic (exact) mass is 346 g/mol. The molecular formula is C17H34O5Si. The van der Waals surface area contributed by atoms with Gasteiger partial charge in [0.1, 0.15) is 0 Å². The van der Waals surface area contributed by atoms with Gasteiger partial charge in [0.2, 0.25) is 0 Å². The van der Waals surface area contributed by atoms with Gasteiger partial charge >= 0.3 is 14.8 Å². The SMILES string of the molecule is C=C(C)C(=O)OCCC(C)[Si](OCCC)(OCCC)OCCC. The minimum atomic E-state index is -2.77. The quantitative estimate of drug-likeness (QED) is 0.269. The molecule has 0 rings (SSSR count). The first-order valence-corrected chi connectivity index (χ1v) is 10.5. The first kappa shape index (κ1) is 22.3. The summed E-state index contributed by atoms with van der Waals surface area (Å²) >= 11 is 0. The summed E-state index contributed by atoms with van der Waals surface area (Å²) in [7, 11) is -2.77. The molecule has 0 spiro atoms. The first-order chi connectivity index (χ1) is 10.9. The van der Waals surface area contributed by atoms with Crippen LogP contribution in [0.25, 0.3) is 0 Å². The van der Waals surface area contributed by atoms with E-state index in [9.17, 15) is 4.79 Å². The van der Waals surface area contributed by atoms with Crippen molar-refractivity contribution < 1.29 is 22.8 Å². The van der Waals surface area contributed by atoms with Crippen molar-refractivity contribution in [3.8, 4) is 0 Å². The Morgan fingerprint density at radius 2 is 1.39 bits per heavy atom. The highest BCUT2D eigenvalue weighted by Crippen LogP contribution is 2.29. The van der Waals surface area contributed by atoms with Crippen molar-refractivity contribution in [3.05, 3.63) is 12.2 Å². The van der Waals surface area contributed by atoms with Crippen molar-refractivity contribution >= 4 is 14.8 Å². The van der Waals surface area contributed by atoms with Crippen LogP contribution in [0, 0.1) is 0 Å². The van der Waals surface area contributed by atoms with E-state index >= 15 is 0 Å². The van der Waals surface area contributed by atoms with E-state index < -0.39 is 8.80 Å². The summed E-state index contributed by atoms with van der Waals surface area (Å²) in [6, 6.07) is 0. The minimum absolute atomic E-state index is 0.0741. The molecule has 0 radical (unpaired) electrons. The number of rotatable bonds is 14. The van der Waals surface area contributed by atoms with Crippen molar-refractivity contribution in [2.75, 3.05) is 26.4 Å². The smallest absolute Gasteiger partial charge is 0.462 e. The maximum absolute atomic E-state index is 11.5. The second-order valence-electron chi connectivity index (χ2n) is 5.75. The molecule has 0 bridgehead atoms. The summed E-state index contributed by atoms with van der Waals surface area (Å²) in [5, 5.41) is 0. The normalized spacial score (nSPS) is 12.9. The van der Waals surface area contributed by atoms with Gasteiger partial charge in [-0.25, -0.2) is 4.79 Å². The molecule has 136 valence electrons. The molecule has 0 aromatic heterocycles. The molecule has 0 aliphatic carbocycles. The fraction of sp³-hybridized carbons (Fsp3) is 0.824. The zero-order valence-electron chi connectivity index (χ0n) is 15.5. The van der Waals surface area contributed by atoms with E-state index in [2.05, 4.69) is 34.3 Å². The largest absolute Gasteiger partial charge is 0.504 e. The molecule has 0 aliphatic rings. The van der Waals surface area contributed by atoms with Crippen LogP contribution in [0.1, 0.15) is 60.3 Å². The van der Waals surface area contributed by atoms with Crippen molar-refractivity contribution in [2.45, 2.75) is 65.8 Å². The predicted octanol–water partition coefficient (Wildman–Crippen LogP) is 4.10. The summed E-state index contributed by atoms with van der Waals surface area (Å²) in [4.78, 5) is 11.5. The second kappa shape index (κ2) is 12.7. The lowest BCUT2D eigenvalue weighted by Gasteiger charge is -2.34. The number of carbonyl (C=O) groups excluding carboxylic acids is 1. The van der Waals surface area contributed by atoms with Gasteiger partial charge in [0.15, 0.2) is 0 Å². The first-order valence-electron chi connectivity index (χ1n) is 8.67. The minimum Gasteiger partial charge on any atom is -0.462 e. The molecule has 1 unspecified atom stereocenters. The number of ether oxygens (including phenoxy) is 1. The number of carbonyl (C=O) groups is 1. The van der Waals surface area contributed by atoms with E-state index in [-0.39, 0.29) is 11.5 Å². The molecule has 0 aromatic carbocycles. The summed E-state index contributed by atoms with van der Waals surface area (Å²) in [6.45, 7) is 15.7. The lowest BCUT2D eigenvalue weighted by Crippen LogP contribution is -2.50. The van der Waals surface area contributed by atoms with Gasteiger partial charge in [-0.3, -0.25) is 0 Å². The van der Waals surface area contributed by atoms with Gasteiger partial charge in [-0.1, -0.05) is 34.3 Å². The van der Waals surface area contributed by atoms with Crippen LogP contribution in [0.4, 0.5) is 0 Å². The second-order valence-corrected chi connectivity index (χ2v) is 8.81. The standard InChI is InChI=1S/C17H34O5Si/c1-7-11-20-23(21-12-8-2,22-13-9-3)16(6)10-14-19-17(18)15(4)5/h16H,4,7-14H2,1-3,5-6H3. The maximum Gasteiger partial charge on any atom is 0.504 e. The molecule has 0 aromatic rings. The van der Waals surface area contributed by atoms with Crippen molar-refractivity contribution in [1.82, 2.24) is 0 Å². The fourth-order valence-corrected chi connectivity index (χ4v) is 4.95. The van der Waals surface area contributed by atoms with Gasteiger partial charge in [0.25, 0.3) is 0 Å². The Labute approximate surface area is 142 Å². The Bertz CT molecular complexity index is 324. The van der Waals surface area contributed by atoms with Crippen LogP contribution in [0.15, 0.2) is 12.2 Å². The zero-order valence-corrected chi connectivity index (χ0v) is 16.5. The average Bonchev–Trinajstić information content (AvgIpc) is 2.54. The van der Waals surface area contributed by atoms with E-state index in [0.717, 1.165) is 19.3 Å². The van der Waals surface area contributed by atoms with E-state index in [1.54, 1.807) is 6.92 Å². The Kier molecular flexibility index (Phi) is 12.3. The van der Waals surface area contributed by atoms with Crippen LogP contribution in [0.3, 0.4) is 0 Å². The molecule has 6 heteroatoms. The van der Waals surface area contributed by atoms with Gasteiger partial charge in [-0.2, -0.15) is 0 Å². The molecule has 5 nitrogen and oxygen atoms in total. The molecule has 0 saturated heterocycles. The highest BCUT2D eigenvalue weighted by molar-refractivity contribution is 6.62. The van der Waals surface area contributed by atoms with Gasteiger partial charge < -0.3 is 18.0 Å². The van der Waals surface area contributed by atoms with E-state index in [1.165, 1.54) is 0 Å². The number of esters is 1. The Hall–Kier alpha value is -0.693. The Balaban J connectivity index is 4.81. The Morgan fingerprint density at radius 1 is 0.957 bits per heavy atom. The van der Waals surface area contributed by atoms with Gasteiger partial charge in [-0.15, -0.1) is 0 Å². The summed E-state index contributed by atoms with van der Waals surface area (Å²) < 4.78 is 23.5. The van der Waals surface area contributed by atoms with Crippen LogP contribution < -0.4 is 0 Å². The average molecular weight is 347 g/mol. The summed E-state index contributed by atoms with van der Waals surface area (Å²) in [5.41, 5.74) is 0.484. The van der Waals surface area contributed by atoms with Gasteiger partial charge in [0.05, 0.1) is 6.61 Å². The fourth-order valence-electron chi connectivity index (χ4n) is 1.91. The van der Waals surface area contributed by atoms with E-state index in [4.69, 9.17) is 18.0 Å². The predicted molar refractivity (Wildman–Crippen MR) is 94.3 cm³/mol. The van der Waals surface area contributed by atoms with Crippen LogP contribution in [-0.2, 0) is 22.8 Å². The summed E-state index contributed by atoms with van der Waals surface area (Å²) in [5.74, 6) is -0.358. The Morgan fingerprint density at radius 3 is 1.74 bits per heavy atom. The van der Waals surface area contributed by atoms with Crippen molar-refractivity contribution in [2.24, 2.45) is 0 Å². The molecule has 0 fully saturated rings. The highest BCUT2D eigenvalue weighted by Gasteiger charge is 2.47. The van der Waals surface area contributed by atoms with E-state index in [0.29, 0.717) is 38.4 Å². The lowest BCUT2D eigenvalue weighted by molar-refractivity contribution is -0.139. The zero-order chi connectivity index (χ0) is 17.7. The van der Waals surface area contributed by atoms with Crippen molar-refractivity contribution in [1.29, 1.82) is 0 Å². The summed E-state index contributed by atoms with van der Waals surface area (Å²) in [6.07, 6.45) is 3.40. The topological polar surface area (TPSA) is 54.0 Å². The van der Waals surface area contributed by atoms with Crippen LogP contribution in [-0.4, -0.2) is 41.2 Å². The van der Waals surface area contributed by atoms with Crippen LogP contribution >= 0.6 is 0 Å². The molecule has 0 amide bonds. The third-order valence-corrected chi connectivity index (χ3v) is 6.57. The molecule has 0 N–H and O–H groups in total. The molecule has 0 aliphatic heterocycles. The molecule has 0 saturated carbocycles. The maximum atomic E-state index is 11.5. The third-order valence-electron chi connectivity index (χ3n) is 3.26. The molecule has 1 atom stereocenters. The third kappa shape index (κ3) is 8.65. The van der Waals surface area contributed by atoms with Crippen LogP contribution in [0.2, 0.25) is 5.54 Å². The molecule has 0 heterocycles. The van der Waals surface area contributed by atoms with Crippen LogP contribution in [0.5, 0.6) is 0 Å². The lowest BCUT2D eigenvalue weighted by atomic mass is 10.3. The number of hydrogen-bond donors (Lipinski definition) is 0. The van der Waals surface area contributed by atoms with Gasteiger partial charge in [0, 0.05) is 30.9 Å². The van der Waals surface area contributed by atoms with Gasteiger partial charge in [-0.05, 0) is 32.6 Å². The van der Waals surface area contributed by atoms with E-state index in [1.807, 2.05) is 0 Å².